The lowest BCUT2D eigenvalue weighted by Gasteiger charge is -2.19. The van der Waals surface area contributed by atoms with E-state index in [4.69, 9.17) is 9.15 Å². The van der Waals surface area contributed by atoms with Crippen molar-refractivity contribution >= 4 is 0 Å². The normalized spacial score (nSPS) is 12.6. The number of hydrogen-bond donors (Lipinski definition) is 1. The summed E-state index contributed by atoms with van der Waals surface area (Å²) in [5, 5.41) is 7.83. The Morgan fingerprint density at radius 2 is 2.26 bits per heavy atom. The van der Waals surface area contributed by atoms with Crippen molar-refractivity contribution in [1.29, 1.82) is 0 Å². The van der Waals surface area contributed by atoms with E-state index < -0.39 is 0 Å². The molecule has 2 rings (SSSR count). The molecule has 1 unspecified atom stereocenters. The molecular weight excluding hydrogens is 242 g/mol. The number of rotatable bonds is 6. The van der Waals surface area contributed by atoms with E-state index in [1.165, 1.54) is 0 Å². The smallest absolute Gasteiger partial charge is 0.161 e. The fourth-order valence-corrected chi connectivity index (χ4v) is 2.27. The van der Waals surface area contributed by atoms with Gasteiger partial charge in [0, 0.05) is 12.1 Å². The first kappa shape index (κ1) is 13.7. The van der Waals surface area contributed by atoms with Gasteiger partial charge in [-0.25, -0.2) is 0 Å². The maximum atomic E-state index is 5.43. The Bertz CT molecular complexity index is 509. The predicted octanol–water partition coefficient (Wildman–Crippen LogP) is 2.51. The molecule has 1 atom stereocenters. The molecule has 0 saturated carbocycles. The summed E-state index contributed by atoms with van der Waals surface area (Å²) in [6, 6.07) is 2.07. The highest BCUT2D eigenvalue weighted by molar-refractivity contribution is 5.35. The van der Waals surface area contributed by atoms with Crippen molar-refractivity contribution in [2.75, 3.05) is 13.7 Å². The number of methoxy groups -OCH3 is 1. The zero-order valence-corrected chi connectivity index (χ0v) is 11.9. The largest absolute Gasteiger partial charge is 0.493 e. The Labute approximate surface area is 113 Å². The van der Waals surface area contributed by atoms with Gasteiger partial charge in [-0.2, -0.15) is 5.10 Å². The lowest BCUT2D eigenvalue weighted by atomic mass is 10.1. The highest BCUT2D eigenvalue weighted by Gasteiger charge is 2.23. The van der Waals surface area contributed by atoms with Gasteiger partial charge in [0.05, 0.1) is 25.6 Å². The van der Waals surface area contributed by atoms with Crippen molar-refractivity contribution in [1.82, 2.24) is 15.1 Å². The molecule has 0 spiro atoms. The van der Waals surface area contributed by atoms with Crippen LogP contribution in [-0.4, -0.2) is 23.4 Å². The van der Waals surface area contributed by atoms with Crippen LogP contribution in [0.15, 0.2) is 22.9 Å². The Morgan fingerprint density at radius 1 is 1.47 bits per heavy atom. The maximum absolute atomic E-state index is 5.43. The highest BCUT2D eigenvalue weighted by Crippen LogP contribution is 2.30. The molecule has 0 aromatic carbocycles. The molecule has 1 N–H and O–H groups in total. The third kappa shape index (κ3) is 2.66. The molecule has 2 aromatic rings. The topological polar surface area (TPSA) is 52.2 Å². The van der Waals surface area contributed by atoms with E-state index in [0.717, 1.165) is 35.9 Å². The molecule has 0 fully saturated rings. The van der Waals surface area contributed by atoms with Crippen LogP contribution in [0.4, 0.5) is 0 Å². The number of aromatic nitrogens is 2. The van der Waals surface area contributed by atoms with Gasteiger partial charge in [0.1, 0.15) is 11.5 Å². The molecule has 2 heterocycles. The second-order valence-electron chi connectivity index (χ2n) is 4.40. The van der Waals surface area contributed by atoms with Crippen LogP contribution in [0.2, 0.25) is 0 Å². The van der Waals surface area contributed by atoms with Crippen molar-refractivity contribution in [3.63, 3.8) is 0 Å². The van der Waals surface area contributed by atoms with Crippen LogP contribution in [0.1, 0.15) is 36.9 Å². The zero-order valence-electron chi connectivity index (χ0n) is 11.9. The van der Waals surface area contributed by atoms with Gasteiger partial charge in [0.25, 0.3) is 0 Å². The number of nitrogens with one attached hydrogen (secondary N) is 1. The molecule has 5 nitrogen and oxygen atoms in total. The highest BCUT2D eigenvalue weighted by atomic mass is 16.5. The molecule has 5 heteroatoms. The van der Waals surface area contributed by atoms with E-state index in [9.17, 15) is 0 Å². The summed E-state index contributed by atoms with van der Waals surface area (Å²) in [5.74, 6) is 1.70. The maximum Gasteiger partial charge on any atom is 0.161 e. The van der Waals surface area contributed by atoms with Gasteiger partial charge in [-0.15, -0.1) is 0 Å². The third-order valence-electron chi connectivity index (χ3n) is 3.13. The van der Waals surface area contributed by atoms with E-state index >= 15 is 0 Å². The third-order valence-corrected chi connectivity index (χ3v) is 3.13. The van der Waals surface area contributed by atoms with E-state index in [1.54, 1.807) is 19.6 Å². The summed E-state index contributed by atoms with van der Waals surface area (Å²) in [4.78, 5) is 0. The fourth-order valence-electron chi connectivity index (χ4n) is 2.27. The summed E-state index contributed by atoms with van der Waals surface area (Å²) in [5.41, 5.74) is 2.13. The molecule has 2 aromatic heterocycles. The minimum absolute atomic E-state index is 0.0276. The van der Waals surface area contributed by atoms with Gasteiger partial charge in [-0.1, -0.05) is 6.92 Å². The Morgan fingerprint density at radius 3 is 2.79 bits per heavy atom. The molecule has 0 aliphatic rings. The number of furan rings is 1. The predicted molar refractivity (Wildman–Crippen MR) is 73.4 cm³/mol. The van der Waals surface area contributed by atoms with Gasteiger partial charge in [0.2, 0.25) is 0 Å². The first-order valence-electron chi connectivity index (χ1n) is 6.59. The molecular formula is C14H21N3O2. The summed E-state index contributed by atoms with van der Waals surface area (Å²) in [7, 11) is 1.67. The Kier molecular flexibility index (Phi) is 4.27. The molecule has 104 valence electrons. The van der Waals surface area contributed by atoms with Crippen LogP contribution in [0.5, 0.6) is 5.75 Å². The average Bonchev–Trinajstić information content (AvgIpc) is 3.01. The SMILES string of the molecule is CCNC(c1coc(C)c1)c1c(OC)cnn1CC. The van der Waals surface area contributed by atoms with Crippen molar-refractivity contribution < 1.29 is 9.15 Å². The van der Waals surface area contributed by atoms with E-state index in [0.29, 0.717) is 0 Å². The first-order valence-corrected chi connectivity index (χ1v) is 6.59. The van der Waals surface area contributed by atoms with E-state index in [1.807, 2.05) is 17.7 Å². The standard InChI is InChI=1S/C14H21N3O2/c1-5-15-13(11-7-10(3)19-9-11)14-12(18-4)8-16-17(14)6-2/h7-9,13,15H,5-6H2,1-4H3. The van der Waals surface area contributed by atoms with E-state index in [2.05, 4.69) is 24.3 Å². The van der Waals surface area contributed by atoms with Gasteiger partial charge in [0.15, 0.2) is 5.75 Å². The van der Waals surface area contributed by atoms with Gasteiger partial charge in [-0.05, 0) is 26.5 Å². The van der Waals surface area contributed by atoms with Crippen molar-refractivity contribution in [2.24, 2.45) is 0 Å². The first-order chi connectivity index (χ1) is 9.21. The van der Waals surface area contributed by atoms with Gasteiger partial charge in [-0.3, -0.25) is 4.68 Å². The molecule has 0 radical (unpaired) electrons. The van der Waals surface area contributed by atoms with Crippen LogP contribution >= 0.6 is 0 Å². The van der Waals surface area contributed by atoms with Crippen molar-refractivity contribution in [3.05, 3.63) is 35.5 Å². The molecule has 0 aliphatic heterocycles. The molecule has 0 aliphatic carbocycles. The number of nitrogens with zero attached hydrogens (tertiary/aromatic N) is 2. The van der Waals surface area contributed by atoms with Gasteiger partial charge >= 0.3 is 0 Å². The van der Waals surface area contributed by atoms with Crippen LogP contribution in [0.25, 0.3) is 0 Å². The second-order valence-corrected chi connectivity index (χ2v) is 4.40. The monoisotopic (exact) mass is 263 g/mol. The van der Waals surface area contributed by atoms with Crippen molar-refractivity contribution in [3.8, 4) is 5.75 Å². The number of aryl methyl sites for hydroxylation is 2. The minimum Gasteiger partial charge on any atom is -0.493 e. The summed E-state index contributed by atoms with van der Waals surface area (Å²) >= 11 is 0. The van der Waals surface area contributed by atoms with Crippen molar-refractivity contribution in [2.45, 2.75) is 33.4 Å². The Hall–Kier alpha value is -1.75. The Balaban J connectivity index is 2.46. The molecule has 0 saturated heterocycles. The van der Waals surface area contributed by atoms with Crippen LogP contribution in [0, 0.1) is 6.92 Å². The lowest BCUT2D eigenvalue weighted by Crippen LogP contribution is -2.25. The quantitative estimate of drug-likeness (QED) is 0.870. The summed E-state index contributed by atoms with van der Waals surface area (Å²) in [6.45, 7) is 7.75. The lowest BCUT2D eigenvalue weighted by molar-refractivity contribution is 0.399. The zero-order chi connectivity index (χ0) is 13.8. The summed E-state index contributed by atoms with van der Waals surface area (Å²) in [6.07, 6.45) is 3.55. The average molecular weight is 263 g/mol. The molecule has 0 bridgehead atoms. The minimum atomic E-state index is 0.0276. The summed E-state index contributed by atoms with van der Waals surface area (Å²) < 4.78 is 12.8. The second kappa shape index (κ2) is 5.93. The van der Waals surface area contributed by atoms with E-state index in [-0.39, 0.29) is 6.04 Å². The van der Waals surface area contributed by atoms with Crippen LogP contribution in [0.3, 0.4) is 0 Å². The number of ether oxygens (including phenoxy) is 1. The molecule has 0 amide bonds. The van der Waals surface area contributed by atoms with Gasteiger partial charge < -0.3 is 14.5 Å². The van der Waals surface area contributed by atoms with Crippen LogP contribution < -0.4 is 10.1 Å². The van der Waals surface area contributed by atoms with Crippen LogP contribution in [-0.2, 0) is 6.54 Å². The fraction of sp³-hybridized carbons (Fsp3) is 0.500. The number of hydrogen-bond acceptors (Lipinski definition) is 4. The molecule has 19 heavy (non-hydrogen) atoms.